The maximum atomic E-state index is 5.85. The van der Waals surface area contributed by atoms with Crippen LogP contribution in [0.25, 0.3) is 10.8 Å². The molecule has 0 unspecified atom stereocenters. The third-order valence-electron chi connectivity index (χ3n) is 2.12. The van der Waals surface area contributed by atoms with Crippen LogP contribution in [0.4, 0.5) is 5.69 Å². The van der Waals surface area contributed by atoms with Crippen molar-refractivity contribution >= 4 is 28.9 Å². The van der Waals surface area contributed by atoms with Crippen molar-refractivity contribution in [1.29, 1.82) is 0 Å². The lowest BCUT2D eigenvalue weighted by Gasteiger charge is -2.06. The SMILES string of the molecule is COc1cccc2cccc(N)c12.Cl. The molecular weight excluding hydrogens is 198 g/mol. The summed E-state index contributed by atoms with van der Waals surface area (Å²) in [5, 5.41) is 2.10. The first-order valence-electron chi connectivity index (χ1n) is 4.14. The first kappa shape index (κ1) is 10.7. The maximum Gasteiger partial charge on any atom is 0.128 e. The van der Waals surface area contributed by atoms with Crippen molar-refractivity contribution in [2.24, 2.45) is 0 Å². The number of nitrogens with two attached hydrogens (primary N) is 1. The molecule has 74 valence electrons. The minimum Gasteiger partial charge on any atom is -0.496 e. The van der Waals surface area contributed by atoms with Crippen LogP contribution in [0.5, 0.6) is 5.75 Å². The van der Waals surface area contributed by atoms with E-state index in [1.54, 1.807) is 7.11 Å². The average molecular weight is 210 g/mol. The number of hydrogen-bond acceptors (Lipinski definition) is 2. The minimum atomic E-state index is 0. The quantitative estimate of drug-likeness (QED) is 0.733. The molecule has 3 heteroatoms. The van der Waals surface area contributed by atoms with Crippen molar-refractivity contribution in [3.63, 3.8) is 0 Å². The van der Waals surface area contributed by atoms with Gasteiger partial charge in [-0.25, -0.2) is 0 Å². The third-order valence-corrected chi connectivity index (χ3v) is 2.12. The van der Waals surface area contributed by atoms with Crippen LogP contribution in [0.15, 0.2) is 36.4 Å². The molecule has 14 heavy (non-hydrogen) atoms. The lowest BCUT2D eigenvalue weighted by molar-refractivity contribution is 0.420. The van der Waals surface area contributed by atoms with Crippen LogP contribution in [0, 0.1) is 0 Å². The van der Waals surface area contributed by atoms with E-state index in [2.05, 4.69) is 0 Å². The van der Waals surface area contributed by atoms with Crippen LogP contribution < -0.4 is 10.5 Å². The number of ether oxygens (including phenoxy) is 1. The van der Waals surface area contributed by atoms with Gasteiger partial charge in [-0.15, -0.1) is 12.4 Å². The molecular formula is C11H12ClNO. The van der Waals surface area contributed by atoms with E-state index in [4.69, 9.17) is 10.5 Å². The monoisotopic (exact) mass is 209 g/mol. The van der Waals surface area contributed by atoms with Crippen LogP contribution >= 0.6 is 12.4 Å². The number of benzene rings is 2. The highest BCUT2D eigenvalue weighted by Crippen LogP contribution is 2.29. The van der Waals surface area contributed by atoms with Gasteiger partial charge in [-0.3, -0.25) is 0 Å². The second-order valence-corrected chi connectivity index (χ2v) is 2.91. The number of halogens is 1. The Labute approximate surface area is 89.1 Å². The summed E-state index contributed by atoms with van der Waals surface area (Å²) in [5.74, 6) is 0.829. The van der Waals surface area contributed by atoms with E-state index in [1.807, 2.05) is 36.4 Å². The molecule has 0 saturated heterocycles. The zero-order valence-corrected chi connectivity index (χ0v) is 8.67. The molecule has 2 aromatic carbocycles. The largest absolute Gasteiger partial charge is 0.496 e. The smallest absolute Gasteiger partial charge is 0.128 e. The molecule has 2 N–H and O–H groups in total. The summed E-state index contributed by atoms with van der Waals surface area (Å²) in [6, 6.07) is 11.7. The molecule has 0 aliphatic heterocycles. The minimum absolute atomic E-state index is 0. The first-order valence-corrected chi connectivity index (χ1v) is 4.14. The number of nitrogen functional groups attached to an aromatic ring is 1. The molecule has 2 rings (SSSR count). The molecule has 2 nitrogen and oxygen atoms in total. The van der Waals surface area contributed by atoms with Gasteiger partial charge >= 0.3 is 0 Å². The second-order valence-electron chi connectivity index (χ2n) is 2.91. The zero-order valence-electron chi connectivity index (χ0n) is 7.86. The van der Waals surface area contributed by atoms with Crippen molar-refractivity contribution in [1.82, 2.24) is 0 Å². The number of methoxy groups -OCH3 is 1. The van der Waals surface area contributed by atoms with Crippen molar-refractivity contribution in [2.45, 2.75) is 0 Å². The summed E-state index contributed by atoms with van der Waals surface area (Å²) >= 11 is 0. The Balaban J connectivity index is 0.000000980. The van der Waals surface area contributed by atoms with Gasteiger partial charge in [-0.2, -0.15) is 0 Å². The van der Waals surface area contributed by atoms with Crippen molar-refractivity contribution in [3.8, 4) is 5.75 Å². The number of hydrogen-bond donors (Lipinski definition) is 1. The van der Waals surface area contributed by atoms with E-state index in [0.29, 0.717) is 0 Å². The summed E-state index contributed by atoms with van der Waals surface area (Å²) < 4.78 is 5.23. The van der Waals surface area contributed by atoms with Gasteiger partial charge in [0.25, 0.3) is 0 Å². The Bertz CT molecular complexity index is 437. The van der Waals surface area contributed by atoms with E-state index in [0.717, 1.165) is 22.2 Å². The van der Waals surface area contributed by atoms with Crippen LogP contribution in [0.2, 0.25) is 0 Å². The van der Waals surface area contributed by atoms with E-state index in [9.17, 15) is 0 Å². The molecule has 0 saturated carbocycles. The van der Waals surface area contributed by atoms with Gasteiger partial charge in [0.15, 0.2) is 0 Å². The van der Waals surface area contributed by atoms with Gasteiger partial charge in [-0.1, -0.05) is 24.3 Å². The highest BCUT2D eigenvalue weighted by atomic mass is 35.5. The molecule has 0 atom stereocenters. The lowest BCUT2D eigenvalue weighted by Crippen LogP contribution is -1.90. The van der Waals surface area contributed by atoms with E-state index >= 15 is 0 Å². The molecule has 2 aromatic rings. The van der Waals surface area contributed by atoms with Crippen molar-refractivity contribution in [3.05, 3.63) is 36.4 Å². The van der Waals surface area contributed by atoms with Crippen molar-refractivity contribution in [2.75, 3.05) is 12.8 Å². The Kier molecular flexibility index (Phi) is 3.20. The third kappa shape index (κ3) is 1.61. The fourth-order valence-corrected chi connectivity index (χ4v) is 1.50. The number of anilines is 1. The molecule has 0 amide bonds. The van der Waals surface area contributed by atoms with Gasteiger partial charge in [0.05, 0.1) is 7.11 Å². The molecule has 0 heterocycles. The van der Waals surface area contributed by atoms with Crippen LogP contribution in [0.3, 0.4) is 0 Å². The summed E-state index contributed by atoms with van der Waals surface area (Å²) in [6.45, 7) is 0. The van der Waals surface area contributed by atoms with Crippen LogP contribution in [-0.2, 0) is 0 Å². The van der Waals surface area contributed by atoms with Crippen molar-refractivity contribution < 1.29 is 4.74 Å². The predicted octanol–water partition coefficient (Wildman–Crippen LogP) is 2.85. The highest BCUT2D eigenvalue weighted by molar-refractivity contribution is 5.97. The fraction of sp³-hybridized carbons (Fsp3) is 0.0909. The number of fused-ring (bicyclic) bond motifs is 1. The van der Waals surface area contributed by atoms with Gasteiger partial charge in [0.2, 0.25) is 0 Å². The Hall–Kier alpha value is -1.41. The molecule has 0 fully saturated rings. The van der Waals surface area contributed by atoms with Gasteiger partial charge in [-0.05, 0) is 17.5 Å². The van der Waals surface area contributed by atoms with Crippen LogP contribution in [0.1, 0.15) is 0 Å². The van der Waals surface area contributed by atoms with E-state index in [1.165, 1.54) is 0 Å². The molecule has 0 aliphatic rings. The van der Waals surface area contributed by atoms with Crippen LogP contribution in [-0.4, -0.2) is 7.11 Å². The lowest BCUT2D eigenvalue weighted by atomic mass is 10.1. The molecule has 0 radical (unpaired) electrons. The molecule has 0 aliphatic carbocycles. The molecule has 0 aromatic heterocycles. The fourth-order valence-electron chi connectivity index (χ4n) is 1.50. The summed E-state index contributed by atoms with van der Waals surface area (Å²) in [5.41, 5.74) is 6.61. The molecule has 0 bridgehead atoms. The Morgan fingerprint density at radius 3 is 2.36 bits per heavy atom. The normalized spacial score (nSPS) is 9.50. The Morgan fingerprint density at radius 1 is 1.07 bits per heavy atom. The zero-order chi connectivity index (χ0) is 9.26. The summed E-state index contributed by atoms with van der Waals surface area (Å²) in [7, 11) is 1.65. The topological polar surface area (TPSA) is 35.2 Å². The molecule has 0 spiro atoms. The Morgan fingerprint density at radius 2 is 1.71 bits per heavy atom. The van der Waals surface area contributed by atoms with Gasteiger partial charge in [0, 0.05) is 11.1 Å². The first-order chi connectivity index (χ1) is 6.33. The van der Waals surface area contributed by atoms with E-state index < -0.39 is 0 Å². The van der Waals surface area contributed by atoms with Gasteiger partial charge in [0.1, 0.15) is 5.75 Å². The van der Waals surface area contributed by atoms with Gasteiger partial charge < -0.3 is 10.5 Å². The average Bonchev–Trinajstić information content (AvgIpc) is 2.17. The summed E-state index contributed by atoms with van der Waals surface area (Å²) in [6.07, 6.45) is 0. The standard InChI is InChI=1S/C11H11NO.ClH/c1-13-10-7-3-5-8-4-2-6-9(12)11(8)10;/h2-7H,12H2,1H3;1H. The highest BCUT2D eigenvalue weighted by Gasteiger charge is 2.02. The predicted molar refractivity (Wildman–Crippen MR) is 62.2 cm³/mol. The summed E-state index contributed by atoms with van der Waals surface area (Å²) in [4.78, 5) is 0. The second kappa shape index (κ2) is 4.20. The van der Waals surface area contributed by atoms with E-state index in [-0.39, 0.29) is 12.4 Å². The maximum absolute atomic E-state index is 5.85. The number of rotatable bonds is 1.